The van der Waals surface area contributed by atoms with Gasteiger partial charge in [-0.15, -0.1) is 0 Å². The summed E-state index contributed by atoms with van der Waals surface area (Å²) in [6, 6.07) is 17.2. The molecule has 4 rings (SSSR count). The lowest BCUT2D eigenvalue weighted by Gasteiger charge is -2.26. The molecule has 1 aliphatic rings. The average Bonchev–Trinajstić information content (AvgIpc) is 3.09. The molecule has 0 spiro atoms. The molecule has 3 aromatic carbocycles. The fourth-order valence-corrected chi connectivity index (χ4v) is 4.58. The molecule has 1 unspecified atom stereocenters. The monoisotopic (exact) mass is 487 g/mol. The topological polar surface area (TPSA) is 66.8 Å². The Hall–Kier alpha value is -3.93. The summed E-state index contributed by atoms with van der Waals surface area (Å²) in [6.07, 6.45) is 0. The number of hydrogen-bond donors (Lipinski definition) is 1. The van der Waals surface area contributed by atoms with Crippen LogP contribution in [0.1, 0.15) is 56.0 Å². The van der Waals surface area contributed by atoms with Gasteiger partial charge in [-0.2, -0.15) is 0 Å². The molecule has 1 atom stereocenters. The molecule has 6 heteroatoms. The fourth-order valence-electron chi connectivity index (χ4n) is 4.58. The van der Waals surface area contributed by atoms with E-state index in [1.165, 1.54) is 23.1 Å². The minimum atomic E-state index is -0.920. The molecule has 1 fully saturated rings. The van der Waals surface area contributed by atoms with Crippen molar-refractivity contribution in [2.45, 2.75) is 46.1 Å². The van der Waals surface area contributed by atoms with Gasteiger partial charge in [-0.25, -0.2) is 4.39 Å². The predicted molar refractivity (Wildman–Crippen MR) is 139 cm³/mol. The number of ether oxygens (including phenoxy) is 1. The van der Waals surface area contributed by atoms with Crippen molar-refractivity contribution in [1.29, 1.82) is 0 Å². The van der Waals surface area contributed by atoms with Crippen molar-refractivity contribution in [2.75, 3.05) is 11.5 Å². The van der Waals surface area contributed by atoms with Crippen LogP contribution in [0, 0.1) is 12.7 Å². The van der Waals surface area contributed by atoms with Gasteiger partial charge < -0.3 is 9.84 Å². The van der Waals surface area contributed by atoms with Crippen molar-refractivity contribution in [3.63, 3.8) is 0 Å². The van der Waals surface area contributed by atoms with Crippen LogP contribution in [0.4, 0.5) is 10.1 Å². The number of anilines is 1. The van der Waals surface area contributed by atoms with E-state index in [0.717, 1.165) is 11.1 Å². The lowest BCUT2D eigenvalue weighted by molar-refractivity contribution is -0.132. The standard InChI is InChI=1S/C30H30FNO4/c1-6-36-24-14-13-20(16-23(24)30(3,4)5)27(33)25-26(19-10-7-9-18(2)15-19)32(29(35)28(25)34)22-12-8-11-21(31)17-22/h7-17,26,33H,6H2,1-5H3/b27-25-. The van der Waals surface area contributed by atoms with E-state index in [1.807, 2.05) is 52.8 Å². The van der Waals surface area contributed by atoms with E-state index < -0.39 is 23.5 Å². The molecule has 3 aromatic rings. The Labute approximate surface area is 210 Å². The first-order valence-corrected chi connectivity index (χ1v) is 11.9. The first-order chi connectivity index (χ1) is 17.0. The third-order valence-corrected chi connectivity index (χ3v) is 6.25. The number of Topliss-reactive ketones (excluding diaryl/α,β-unsaturated/α-hetero) is 1. The van der Waals surface area contributed by atoms with Gasteiger partial charge in [0.25, 0.3) is 11.7 Å². The summed E-state index contributed by atoms with van der Waals surface area (Å²) >= 11 is 0. The second-order valence-electron chi connectivity index (χ2n) is 9.96. The van der Waals surface area contributed by atoms with E-state index in [4.69, 9.17) is 4.74 Å². The van der Waals surface area contributed by atoms with Gasteiger partial charge in [-0.05, 0) is 61.2 Å². The minimum absolute atomic E-state index is 0.0427. The molecule has 36 heavy (non-hydrogen) atoms. The molecule has 186 valence electrons. The van der Waals surface area contributed by atoms with Gasteiger partial charge in [0.15, 0.2) is 0 Å². The van der Waals surface area contributed by atoms with Crippen LogP contribution < -0.4 is 9.64 Å². The van der Waals surface area contributed by atoms with E-state index in [0.29, 0.717) is 23.5 Å². The highest BCUT2D eigenvalue weighted by Gasteiger charge is 2.47. The molecule has 1 heterocycles. The summed E-state index contributed by atoms with van der Waals surface area (Å²) in [5, 5.41) is 11.5. The summed E-state index contributed by atoms with van der Waals surface area (Å²) in [7, 11) is 0. The number of hydrogen-bond acceptors (Lipinski definition) is 4. The van der Waals surface area contributed by atoms with Gasteiger partial charge in [-0.1, -0.05) is 56.7 Å². The zero-order chi connectivity index (χ0) is 26.2. The normalized spacial score (nSPS) is 17.5. The SMILES string of the molecule is CCOc1ccc(/C(O)=C2/C(=O)C(=O)N(c3cccc(F)c3)C2c2cccc(C)c2)cc1C(C)(C)C. The Balaban J connectivity index is 1.96. The van der Waals surface area contributed by atoms with Crippen LogP contribution in [-0.2, 0) is 15.0 Å². The lowest BCUT2D eigenvalue weighted by atomic mass is 9.84. The van der Waals surface area contributed by atoms with Gasteiger partial charge in [0.2, 0.25) is 0 Å². The van der Waals surface area contributed by atoms with Gasteiger partial charge >= 0.3 is 0 Å². The molecule has 1 saturated heterocycles. The van der Waals surface area contributed by atoms with Crippen molar-refractivity contribution in [3.05, 3.63) is 100 Å². The molecule has 0 bridgehead atoms. The number of amides is 1. The quantitative estimate of drug-likeness (QED) is 0.255. The van der Waals surface area contributed by atoms with E-state index in [9.17, 15) is 19.1 Å². The molecule has 1 amide bonds. The van der Waals surface area contributed by atoms with Gasteiger partial charge in [-0.3, -0.25) is 14.5 Å². The van der Waals surface area contributed by atoms with Crippen LogP contribution in [0.25, 0.3) is 5.76 Å². The highest BCUT2D eigenvalue weighted by molar-refractivity contribution is 6.51. The number of benzene rings is 3. The molecular weight excluding hydrogens is 457 g/mol. The Kier molecular flexibility index (Phi) is 6.72. The first-order valence-electron chi connectivity index (χ1n) is 11.9. The smallest absolute Gasteiger partial charge is 0.300 e. The highest BCUT2D eigenvalue weighted by atomic mass is 19.1. The lowest BCUT2D eigenvalue weighted by Crippen LogP contribution is -2.29. The Bertz CT molecular complexity index is 1370. The second kappa shape index (κ2) is 9.61. The summed E-state index contributed by atoms with van der Waals surface area (Å²) in [4.78, 5) is 27.9. The molecule has 0 saturated carbocycles. The molecule has 0 aliphatic carbocycles. The number of aliphatic hydroxyl groups is 1. The van der Waals surface area contributed by atoms with E-state index in [1.54, 1.807) is 30.3 Å². The summed E-state index contributed by atoms with van der Waals surface area (Å²) < 4.78 is 19.9. The Morgan fingerprint density at radius 3 is 2.39 bits per heavy atom. The third kappa shape index (κ3) is 4.63. The average molecular weight is 488 g/mol. The maximum absolute atomic E-state index is 14.1. The van der Waals surface area contributed by atoms with Gasteiger partial charge in [0.05, 0.1) is 18.2 Å². The number of carbonyl (C=O) groups is 2. The number of carbonyl (C=O) groups excluding carboxylic acids is 2. The molecule has 0 radical (unpaired) electrons. The highest BCUT2D eigenvalue weighted by Crippen LogP contribution is 2.43. The predicted octanol–water partition coefficient (Wildman–Crippen LogP) is 6.46. The number of aryl methyl sites for hydroxylation is 1. The van der Waals surface area contributed by atoms with E-state index in [2.05, 4.69) is 0 Å². The van der Waals surface area contributed by atoms with Crippen LogP contribution in [0.15, 0.2) is 72.3 Å². The minimum Gasteiger partial charge on any atom is -0.507 e. The van der Waals surface area contributed by atoms with Crippen LogP contribution >= 0.6 is 0 Å². The van der Waals surface area contributed by atoms with Crippen molar-refractivity contribution in [1.82, 2.24) is 0 Å². The summed E-state index contributed by atoms with van der Waals surface area (Å²) in [5.74, 6) is -1.77. The Morgan fingerprint density at radius 1 is 1.03 bits per heavy atom. The van der Waals surface area contributed by atoms with Crippen molar-refractivity contribution >= 4 is 23.1 Å². The maximum atomic E-state index is 14.1. The molecule has 0 aromatic heterocycles. The number of rotatable bonds is 5. The second-order valence-corrected chi connectivity index (χ2v) is 9.96. The van der Waals surface area contributed by atoms with Crippen molar-refractivity contribution < 1.29 is 23.8 Å². The first kappa shape index (κ1) is 25.2. The third-order valence-electron chi connectivity index (χ3n) is 6.25. The summed E-state index contributed by atoms with van der Waals surface area (Å²) in [6.45, 7) is 10.4. The van der Waals surface area contributed by atoms with Crippen molar-refractivity contribution in [2.24, 2.45) is 0 Å². The Morgan fingerprint density at radius 2 is 1.75 bits per heavy atom. The van der Waals surface area contributed by atoms with Crippen LogP contribution in [0.3, 0.4) is 0 Å². The molecule has 1 N–H and O–H groups in total. The zero-order valence-corrected chi connectivity index (χ0v) is 21.1. The number of aliphatic hydroxyl groups excluding tert-OH is 1. The molecular formula is C30H30FNO4. The van der Waals surface area contributed by atoms with Crippen molar-refractivity contribution in [3.8, 4) is 5.75 Å². The van der Waals surface area contributed by atoms with Gasteiger partial charge in [0.1, 0.15) is 17.3 Å². The number of ketones is 1. The van der Waals surface area contributed by atoms with Crippen LogP contribution in [0.2, 0.25) is 0 Å². The zero-order valence-electron chi connectivity index (χ0n) is 21.1. The van der Waals surface area contributed by atoms with E-state index in [-0.39, 0.29) is 22.4 Å². The number of nitrogens with zero attached hydrogens (tertiary/aromatic N) is 1. The maximum Gasteiger partial charge on any atom is 0.300 e. The van der Waals surface area contributed by atoms with E-state index >= 15 is 0 Å². The fraction of sp³-hybridized carbons (Fsp3) is 0.267. The van der Waals surface area contributed by atoms with Crippen LogP contribution in [-0.4, -0.2) is 23.4 Å². The summed E-state index contributed by atoms with van der Waals surface area (Å²) in [5.41, 5.74) is 2.72. The van der Waals surface area contributed by atoms with Crippen LogP contribution in [0.5, 0.6) is 5.75 Å². The number of halogens is 1. The molecule has 5 nitrogen and oxygen atoms in total. The van der Waals surface area contributed by atoms with Gasteiger partial charge in [0, 0.05) is 16.8 Å². The largest absolute Gasteiger partial charge is 0.507 e. The molecule has 1 aliphatic heterocycles.